The van der Waals surface area contributed by atoms with Gasteiger partial charge in [0.1, 0.15) is 0 Å². The van der Waals surface area contributed by atoms with Crippen molar-refractivity contribution in [1.82, 2.24) is 4.90 Å². The van der Waals surface area contributed by atoms with Gasteiger partial charge in [0, 0.05) is 26.2 Å². The van der Waals surface area contributed by atoms with Crippen LogP contribution in [-0.2, 0) is 17.8 Å². The van der Waals surface area contributed by atoms with Crippen LogP contribution in [0.2, 0.25) is 0 Å². The average molecular weight is 248 g/mol. The summed E-state index contributed by atoms with van der Waals surface area (Å²) in [6.45, 7) is 5.72. The maximum Gasteiger partial charge on any atom is 0.0702 e. The van der Waals surface area contributed by atoms with Crippen LogP contribution in [0.5, 0.6) is 0 Å². The lowest BCUT2D eigenvalue weighted by molar-refractivity contribution is 0.0792. The summed E-state index contributed by atoms with van der Waals surface area (Å²) < 4.78 is 5.67. The van der Waals surface area contributed by atoms with Gasteiger partial charge in [-0.05, 0) is 43.5 Å². The monoisotopic (exact) mass is 248 g/mol. The second kappa shape index (κ2) is 6.32. The normalized spacial score (nSPS) is 19.7. The fourth-order valence-corrected chi connectivity index (χ4v) is 2.55. The summed E-state index contributed by atoms with van der Waals surface area (Å²) in [5.74, 6) is 0. The summed E-state index contributed by atoms with van der Waals surface area (Å²) in [6.07, 6.45) is 2.84. The summed E-state index contributed by atoms with van der Waals surface area (Å²) in [5, 5.41) is 0. The van der Waals surface area contributed by atoms with Crippen LogP contribution < -0.4 is 5.73 Å². The van der Waals surface area contributed by atoms with Gasteiger partial charge in [-0.1, -0.05) is 18.2 Å². The molecule has 0 amide bonds. The SMILES string of the molecule is Cc1cc(CN)ccc1CN(C)CC1CCCO1. The summed E-state index contributed by atoms with van der Waals surface area (Å²) in [4.78, 5) is 2.35. The van der Waals surface area contributed by atoms with Crippen LogP contribution in [0.15, 0.2) is 18.2 Å². The molecule has 100 valence electrons. The largest absolute Gasteiger partial charge is 0.377 e. The molecule has 1 unspecified atom stereocenters. The molecule has 0 spiro atoms. The number of nitrogens with zero attached hydrogens (tertiary/aromatic N) is 1. The van der Waals surface area contributed by atoms with E-state index >= 15 is 0 Å². The third-order valence-corrected chi connectivity index (χ3v) is 3.62. The topological polar surface area (TPSA) is 38.5 Å². The Morgan fingerprint density at radius 2 is 2.28 bits per heavy atom. The number of likely N-dealkylation sites (N-methyl/N-ethyl adjacent to an activating group) is 1. The lowest BCUT2D eigenvalue weighted by Gasteiger charge is -2.21. The summed E-state index contributed by atoms with van der Waals surface area (Å²) in [7, 11) is 2.16. The van der Waals surface area contributed by atoms with E-state index < -0.39 is 0 Å². The molecule has 0 saturated carbocycles. The molecule has 0 aliphatic carbocycles. The van der Waals surface area contributed by atoms with Crippen molar-refractivity contribution < 1.29 is 4.74 Å². The molecule has 0 bridgehead atoms. The molecule has 3 heteroatoms. The van der Waals surface area contributed by atoms with Gasteiger partial charge in [-0.25, -0.2) is 0 Å². The fourth-order valence-electron chi connectivity index (χ4n) is 2.55. The third-order valence-electron chi connectivity index (χ3n) is 3.62. The molecule has 1 atom stereocenters. The first-order chi connectivity index (χ1) is 8.69. The molecule has 1 saturated heterocycles. The van der Waals surface area contributed by atoms with E-state index in [2.05, 4.69) is 37.1 Å². The Labute approximate surface area is 110 Å². The van der Waals surface area contributed by atoms with Crippen molar-refractivity contribution in [2.45, 2.75) is 39.0 Å². The van der Waals surface area contributed by atoms with Crippen molar-refractivity contribution in [1.29, 1.82) is 0 Å². The zero-order valence-electron chi connectivity index (χ0n) is 11.5. The molecule has 0 aromatic heterocycles. The van der Waals surface area contributed by atoms with E-state index in [1.807, 2.05) is 0 Å². The number of hydrogen-bond acceptors (Lipinski definition) is 3. The lowest BCUT2D eigenvalue weighted by Crippen LogP contribution is -2.28. The number of ether oxygens (including phenoxy) is 1. The first-order valence-corrected chi connectivity index (χ1v) is 6.77. The highest BCUT2D eigenvalue weighted by Crippen LogP contribution is 2.16. The van der Waals surface area contributed by atoms with Gasteiger partial charge in [-0.15, -0.1) is 0 Å². The van der Waals surface area contributed by atoms with Crippen LogP contribution in [0.4, 0.5) is 0 Å². The van der Waals surface area contributed by atoms with Crippen LogP contribution in [0.3, 0.4) is 0 Å². The summed E-state index contributed by atoms with van der Waals surface area (Å²) >= 11 is 0. The van der Waals surface area contributed by atoms with E-state index in [-0.39, 0.29) is 0 Å². The van der Waals surface area contributed by atoms with E-state index in [0.717, 1.165) is 19.7 Å². The van der Waals surface area contributed by atoms with Crippen molar-refractivity contribution in [3.05, 3.63) is 34.9 Å². The Kier molecular flexibility index (Phi) is 4.75. The Hall–Kier alpha value is -0.900. The zero-order valence-corrected chi connectivity index (χ0v) is 11.5. The minimum Gasteiger partial charge on any atom is -0.377 e. The third kappa shape index (κ3) is 3.55. The van der Waals surface area contributed by atoms with Crippen LogP contribution in [0, 0.1) is 6.92 Å². The molecule has 2 N–H and O–H groups in total. The Balaban J connectivity index is 1.91. The second-order valence-corrected chi connectivity index (χ2v) is 5.30. The molecule has 3 nitrogen and oxygen atoms in total. The molecular formula is C15H24N2O. The maximum atomic E-state index is 5.67. The molecule has 1 fully saturated rings. The van der Waals surface area contributed by atoms with Crippen molar-refractivity contribution in [2.75, 3.05) is 20.2 Å². The molecule has 1 aliphatic rings. The zero-order chi connectivity index (χ0) is 13.0. The second-order valence-electron chi connectivity index (χ2n) is 5.30. The first kappa shape index (κ1) is 13.5. The quantitative estimate of drug-likeness (QED) is 0.867. The maximum absolute atomic E-state index is 5.67. The van der Waals surface area contributed by atoms with E-state index in [4.69, 9.17) is 10.5 Å². The number of aryl methyl sites for hydroxylation is 1. The van der Waals surface area contributed by atoms with Gasteiger partial charge < -0.3 is 10.5 Å². The minimum atomic E-state index is 0.429. The van der Waals surface area contributed by atoms with Crippen molar-refractivity contribution in [2.24, 2.45) is 5.73 Å². The molecule has 1 aromatic carbocycles. The number of rotatable bonds is 5. The highest BCUT2D eigenvalue weighted by molar-refractivity contribution is 5.30. The number of hydrogen-bond donors (Lipinski definition) is 1. The van der Waals surface area contributed by atoms with Gasteiger partial charge in [-0.3, -0.25) is 4.90 Å². The van der Waals surface area contributed by atoms with Crippen molar-refractivity contribution in [3.63, 3.8) is 0 Å². The van der Waals surface area contributed by atoms with Crippen molar-refractivity contribution >= 4 is 0 Å². The van der Waals surface area contributed by atoms with Gasteiger partial charge in [0.2, 0.25) is 0 Å². The Morgan fingerprint density at radius 1 is 1.44 bits per heavy atom. The predicted molar refractivity (Wildman–Crippen MR) is 74.4 cm³/mol. The smallest absolute Gasteiger partial charge is 0.0702 e. The van der Waals surface area contributed by atoms with E-state index in [9.17, 15) is 0 Å². The Bertz CT molecular complexity index is 386. The molecule has 1 aliphatic heterocycles. The number of nitrogens with two attached hydrogens (primary N) is 1. The standard InChI is InChI=1S/C15H24N2O/c1-12-8-13(9-16)5-6-14(12)10-17(2)11-15-4-3-7-18-15/h5-6,8,15H,3-4,7,9-11,16H2,1-2H3. The van der Waals surface area contributed by atoms with E-state index in [0.29, 0.717) is 12.6 Å². The molecule has 2 rings (SSSR count). The van der Waals surface area contributed by atoms with E-state index in [1.165, 1.54) is 29.5 Å². The summed E-state index contributed by atoms with van der Waals surface area (Å²) in [5.41, 5.74) is 9.57. The van der Waals surface area contributed by atoms with Crippen LogP contribution in [0.25, 0.3) is 0 Å². The number of benzene rings is 1. The van der Waals surface area contributed by atoms with Gasteiger partial charge in [0.15, 0.2) is 0 Å². The Morgan fingerprint density at radius 3 is 2.89 bits per heavy atom. The highest BCUT2D eigenvalue weighted by Gasteiger charge is 2.17. The molecule has 1 aromatic rings. The first-order valence-electron chi connectivity index (χ1n) is 6.77. The van der Waals surface area contributed by atoms with Gasteiger partial charge in [0.05, 0.1) is 6.10 Å². The fraction of sp³-hybridized carbons (Fsp3) is 0.600. The molecular weight excluding hydrogens is 224 g/mol. The van der Waals surface area contributed by atoms with Gasteiger partial charge >= 0.3 is 0 Å². The molecule has 0 radical (unpaired) electrons. The van der Waals surface area contributed by atoms with E-state index in [1.54, 1.807) is 0 Å². The van der Waals surface area contributed by atoms with Crippen LogP contribution >= 0.6 is 0 Å². The van der Waals surface area contributed by atoms with Gasteiger partial charge in [-0.2, -0.15) is 0 Å². The summed E-state index contributed by atoms with van der Waals surface area (Å²) in [6, 6.07) is 6.51. The van der Waals surface area contributed by atoms with Crippen LogP contribution in [-0.4, -0.2) is 31.2 Å². The molecule has 18 heavy (non-hydrogen) atoms. The average Bonchev–Trinajstić information content (AvgIpc) is 2.84. The molecule has 1 heterocycles. The predicted octanol–water partition coefficient (Wildman–Crippen LogP) is 2.06. The minimum absolute atomic E-state index is 0.429. The van der Waals surface area contributed by atoms with Gasteiger partial charge in [0.25, 0.3) is 0 Å². The lowest BCUT2D eigenvalue weighted by atomic mass is 10.0. The highest BCUT2D eigenvalue weighted by atomic mass is 16.5. The van der Waals surface area contributed by atoms with Crippen molar-refractivity contribution in [3.8, 4) is 0 Å². The van der Waals surface area contributed by atoms with Crippen LogP contribution in [0.1, 0.15) is 29.5 Å².